The summed E-state index contributed by atoms with van der Waals surface area (Å²) in [5.41, 5.74) is 0. The summed E-state index contributed by atoms with van der Waals surface area (Å²) < 4.78 is 7.67. The number of thioether (sulfide) groups is 1. The van der Waals surface area contributed by atoms with Crippen LogP contribution >= 0.6 is 11.8 Å². The molecule has 8 heteroatoms. The minimum atomic E-state index is -0.153. The Labute approximate surface area is 173 Å². The first-order valence-electron chi connectivity index (χ1n) is 10.7. The minimum absolute atomic E-state index is 0.153. The van der Waals surface area contributed by atoms with Crippen LogP contribution in [0.4, 0.5) is 5.95 Å². The molecule has 2 fully saturated rings. The number of anilines is 1. The quantitative estimate of drug-likeness (QED) is 0.645. The average Bonchev–Trinajstić information content (AvgIpc) is 3.09. The van der Waals surface area contributed by atoms with E-state index < -0.39 is 0 Å². The predicted molar refractivity (Wildman–Crippen MR) is 113 cm³/mol. The van der Waals surface area contributed by atoms with Gasteiger partial charge in [0.1, 0.15) is 0 Å². The van der Waals surface area contributed by atoms with E-state index in [0.29, 0.717) is 12.0 Å². The Bertz CT molecular complexity index is 645. The van der Waals surface area contributed by atoms with Gasteiger partial charge in [0.25, 0.3) is 0 Å². The van der Waals surface area contributed by atoms with Gasteiger partial charge in [-0.1, -0.05) is 32.5 Å². The first-order chi connectivity index (χ1) is 13.5. The van der Waals surface area contributed by atoms with Gasteiger partial charge in [-0.25, -0.2) is 0 Å². The zero-order chi connectivity index (χ0) is 20.1. The highest BCUT2D eigenvalue weighted by molar-refractivity contribution is 8.00. The summed E-state index contributed by atoms with van der Waals surface area (Å²) >= 11 is 1.55. The lowest BCUT2D eigenvalue weighted by molar-refractivity contribution is -0.134. The van der Waals surface area contributed by atoms with Gasteiger partial charge in [-0.3, -0.25) is 9.36 Å². The maximum Gasteiger partial charge on any atom is 0.236 e. The number of amides is 1. The number of ether oxygens (including phenoxy) is 1. The first-order valence-corrected chi connectivity index (χ1v) is 11.6. The van der Waals surface area contributed by atoms with E-state index in [1.165, 1.54) is 6.42 Å². The SMILES string of the molecule is CCC1CCCCN1C(=O)C(C)Sc1nnc(N2CCOCC2)n1CC(C)C. The third kappa shape index (κ3) is 5.00. The molecule has 0 bridgehead atoms. The molecule has 0 radical (unpaired) electrons. The lowest BCUT2D eigenvalue weighted by atomic mass is 10.00. The molecule has 2 aliphatic heterocycles. The lowest BCUT2D eigenvalue weighted by Crippen LogP contribution is -2.46. The molecule has 0 aliphatic carbocycles. The Hall–Kier alpha value is -1.28. The van der Waals surface area contributed by atoms with Crippen molar-refractivity contribution in [2.45, 2.75) is 76.4 Å². The molecular weight excluding hydrogens is 374 g/mol. The molecule has 158 valence electrons. The standard InChI is InChI=1S/C20H35N5O2S/c1-5-17-8-6-7-9-24(17)18(26)16(4)28-20-22-21-19(25(20)14-15(2)3)23-10-12-27-13-11-23/h15-17H,5-14H2,1-4H3. The molecule has 28 heavy (non-hydrogen) atoms. The van der Waals surface area contributed by atoms with Gasteiger partial charge in [0.2, 0.25) is 11.9 Å². The van der Waals surface area contributed by atoms with Gasteiger partial charge in [-0.15, -0.1) is 10.2 Å². The van der Waals surface area contributed by atoms with Crippen LogP contribution in [0.2, 0.25) is 0 Å². The van der Waals surface area contributed by atoms with Gasteiger partial charge in [0.15, 0.2) is 5.16 Å². The van der Waals surface area contributed by atoms with Crippen LogP contribution in [0.15, 0.2) is 5.16 Å². The van der Waals surface area contributed by atoms with Crippen molar-refractivity contribution in [2.75, 3.05) is 37.7 Å². The van der Waals surface area contributed by atoms with Crippen LogP contribution in [0.5, 0.6) is 0 Å². The molecule has 1 aromatic rings. The number of hydrogen-bond donors (Lipinski definition) is 0. The maximum absolute atomic E-state index is 13.1. The molecule has 2 atom stereocenters. The summed E-state index contributed by atoms with van der Waals surface area (Å²) in [7, 11) is 0. The Balaban J connectivity index is 1.74. The van der Waals surface area contributed by atoms with Gasteiger partial charge in [0.05, 0.1) is 18.5 Å². The number of rotatable bonds is 7. The molecule has 7 nitrogen and oxygen atoms in total. The minimum Gasteiger partial charge on any atom is -0.378 e. The van der Waals surface area contributed by atoms with E-state index >= 15 is 0 Å². The Morgan fingerprint density at radius 1 is 1.18 bits per heavy atom. The van der Waals surface area contributed by atoms with Crippen LogP contribution in [0.3, 0.4) is 0 Å². The summed E-state index contributed by atoms with van der Waals surface area (Å²) in [6.45, 7) is 13.4. The highest BCUT2D eigenvalue weighted by Crippen LogP contribution is 2.30. The molecule has 2 aliphatic rings. The fraction of sp³-hybridized carbons (Fsp3) is 0.850. The van der Waals surface area contributed by atoms with E-state index in [1.807, 2.05) is 6.92 Å². The normalized spacial score (nSPS) is 22.0. The van der Waals surface area contributed by atoms with Crippen LogP contribution in [0, 0.1) is 5.92 Å². The van der Waals surface area contributed by atoms with Crippen LogP contribution in [0.25, 0.3) is 0 Å². The third-order valence-electron chi connectivity index (χ3n) is 5.55. The second kappa shape index (κ2) is 9.96. The molecular formula is C20H35N5O2S. The molecule has 0 N–H and O–H groups in total. The largest absolute Gasteiger partial charge is 0.378 e. The van der Waals surface area contributed by atoms with Gasteiger partial charge >= 0.3 is 0 Å². The van der Waals surface area contributed by atoms with E-state index in [2.05, 4.69) is 45.3 Å². The second-order valence-corrected chi connectivity index (χ2v) is 9.54. The molecule has 1 aromatic heterocycles. The Kier molecular flexibility index (Phi) is 7.62. The number of nitrogens with zero attached hydrogens (tertiary/aromatic N) is 5. The van der Waals surface area contributed by atoms with Crippen LogP contribution < -0.4 is 4.90 Å². The number of piperidine rings is 1. The first kappa shape index (κ1) is 21.4. The predicted octanol–water partition coefficient (Wildman–Crippen LogP) is 3.04. The molecule has 2 saturated heterocycles. The van der Waals surface area contributed by atoms with Gasteiger partial charge < -0.3 is 14.5 Å². The molecule has 0 aromatic carbocycles. The Morgan fingerprint density at radius 3 is 2.61 bits per heavy atom. The number of aromatic nitrogens is 3. The fourth-order valence-electron chi connectivity index (χ4n) is 4.05. The smallest absolute Gasteiger partial charge is 0.236 e. The van der Waals surface area contributed by atoms with E-state index in [9.17, 15) is 4.79 Å². The third-order valence-corrected chi connectivity index (χ3v) is 6.62. The van der Waals surface area contributed by atoms with E-state index in [0.717, 1.165) is 69.8 Å². The highest BCUT2D eigenvalue weighted by atomic mass is 32.2. The number of hydrogen-bond acceptors (Lipinski definition) is 6. The summed E-state index contributed by atoms with van der Waals surface area (Å²) in [4.78, 5) is 17.5. The lowest BCUT2D eigenvalue weighted by Gasteiger charge is -2.36. The topological polar surface area (TPSA) is 63.5 Å². The van der Waals surface area contributed by atoms with Crippen molar-refractivity contribution >= 4 is 23.6 Å². The van der Waals surface area contributed by atoms with Crippen molar-refractivity contribution in [3.05, 3.63) is 0 Å². The van der Waals surface area contributed by atoms with Gasteiger partial charge in [-0.2, -0.15) is 0 Å². The van der Waals surface area contributed by atoms with Crippen molar-refractivity contribution in [3.63, 3.8) is 0 Å². The van der Waals surface area contributed by atoms with Crippen LogP contribution in [-0.2, 0) is 16.1 Å². The number of morpholine rings is 1. The monoisotopic (exact) mass is 409 g/mol. The summed E-state index contributed by atoms with van der Waals surface area (Å²) in [6, 6.07) is 0.391. The molecule has 0 spiro atoms. The average molecular weight is 410 g/mol. The maximum atomic E-state index is 13.1. The summed E-state index contributed by atoms with van der Waals surface area (Å²) in [5.74, 6) is 1.62. The van der Waals surface area contributed by atoms with E-state index in [1.54, 1.807) is 11.8 Å². The second-order valence-electron chi connectivity index (χ2n) is 8.24. The van der Waals surface area contributed by atoms with E-state index in [4.69, 9.17) is 4.74 Å². The molecule has 3 heterocycles. The van der Waals surface area contributed by atoms with Gasteiger partial charge in [0, 0.05) is 32.2 Å². The van der Waals surface area contributed by atoms with Crippen molar-refractivity contribution in [1.82, 2.24) is 19.7 Å². The Morgan fingerprint density at radius 2 is 1.93 bits per heavy atom. The van der Waals surface area contributed by atoms with E-state index in [-0.39, 0.29) is 11.2 Å². The van der Waals surface area contributed by atoms with Crippen LogP contribution in [-0.4, -0.2) is 69.7 Å². The molecule has 3 rings (SSSR count). The molecule has 0 saturated carbocycles. The van der Waals surface area contributed by atoms with Crippen molar-refractivity contribution in [3.8, 4) is 0 Å². The number of carbonyl (C=O) groups is 1. The molecule has 2 unspecified atom stereocenters. The van der Waals surface area contributed by atoms with Gasteiger partial charge in [-0.05, 0) is 38.5 Å². The number of carbonyl (C=O) groups excluding carboxylic acids is 1. The fourth-order valence-corrected chi connectivity index (χ4v) is 4.97. The zero-order valence-corrected chi connectivity index (χ0v) is 18.6. The highest BCUT2D eigenvalue weighted by Gasteiger charge is 2.31. The van der Waals surface area contributed by atoms with Crippen molar-refractivity contribution < 1.29 is 9.53 Å². The van der Waals surface area contributed by atoms with Crippen molar-refractivity contribution in [1.29, 1.82) is 0 Å². The summed E-state index contributed by atoms with van der Waals surface area (Å²) in [5, 5.41) is 9.66. The van der Waals surface area contributed by atoms with Crippen LogP contribution in [0.1, 0.15) is 53.4 Å². The number of likely N-dealkylation sites (tertiary alicyclic amines) is 1. The summed E-state index contributed by atoms with van der Waals surface area (Å²) in [6.07, 6.45) is 4.51. The zero-order valence-electron chi connectivity index (χ0n) is 17.8. The molecule has 1 amide bonds. The van der Waals surface area contributed by atoms with Crippen molar-refractivity contribution in [2.24, 2.45) is 5.92 Å².